The van der Waals surface area contributed by atoms with Crippen molar-refractivity contribution in [3.63, 3.8) is 0 Å². The van der Waals surface area contributed by atoms with Gasteiger partial charge in [-0.1, -0.05) is 6.92 Å². The number of piperidine rings is 1. The molecule has 6 nitrogen and oxygen atoms in total. The van der Waals surface area contributed by atoms with Crippen molar-refractivity contribution in [3.8, 4) is 5.75 Å². The summed E-state index contributed by atoms with van der Waals surface area (Å²) in [5, 5.41) is 2.88. The summed E-state index contributed by atoms with van der Waals surface area (Å²) >= 11 is 0. The molecule has 1 fully saturated rings. The molecule has 30 heavy (non-hydrogen) atoms. The second-order valence-corrected chi connectivity index (χ2v) is 10.1. The molecule has 0 aromatic heterocycles. The number of carbonyl (C=O) groups excluding carboxylic acids is 1. The first kappa shape index (κ1) is 22.3. The van der Waals surface area contributed by atoms with Gasteiger partial charge in [0.25, 0.3) is 5.91 Å². The summed E-state index contributed by atoms with van der Waals surface area (Å²) in [6.07, 6.45) is 1.83. The first-order chi connectivity index (χ1) is 14.2. The number of carbonyl (C=O) groups is 1. The van der Waals surface area contributed by atoms with Crippen LogP contribution in [-0.4, -0.2) is 37.8 Å². The van der Waals surface area contributed by atoms with Gasteiger partial charge in [0.2, 0.25) is 10.0 Å². The molecule has 2 aromatic rings. The topological polar surface area (TPSA) is 75.7 Å². The smallest absolute Gasteiger partial charge is 0.255 e. The lowest BCUT2D eigenvalue weighted by atomic mass is 10.0. The first-order valence-corrected chi connectivity index (χ1v) is 11.8. The highest BCUT2D eigenvalue weighted by atomic mass is 32.2. The molecule has 1 heterocycles. The molecule has 0 atom stereocenters. The monoisotopic (exact) mass is 430 g/mol. The lowest BCUT2D eigenvalue weighted by Gasteiger charge is -2.29. The molecular weight excluding hydrogens is 400 g/mol. The summed E-state index contributed by atoms with van der Waals surface area (Å²) in [4.78, 5) is 12.8. The molecule has 2 aromatic carbocycles. The molecule has 162 valence electrons. The molecule has 1 amide bonds. The minimum absolute atomic E-state index is 0.0768. The normalized spacial score (nSPS) is 15.9. The van der Waals surface area contributed by atoms with Crippen molar-refractivity contribution in [1.82, 2.24) is 4.31 Å². The van der Waals surface area contributed by atoms with E-state index in [1.165, 1.54) is 16.4 Å². The molecule has 1 aliphatic rings. The quantitative estimate of drug-likeness (QED) is 0.734. The lowest BCUT2D eigenvalue weighted by Crippen LogP contribution is -2.37. The first-order valence-electron chi connectivity index (χ1n) is 10.4. The van der Waals surface area contributed by atoms with Crippen LogP contribution in [-0.2, 0) is 10.0 Å². The van der Waals surface area contributed by atoms with E-state index < -0.39 is 10.0 Å². The van der Waals surface area contributed by atoms with Gasteiger partial charge in [-0.3, -0.25) is 4.79 Å². The molecule has 0 radical (unpaired) electrons. The molecule has 0 bridgehead atoms. The summed E-state index contributed by atoms with van der Waals surface area (Å²) in [6, 6.07) is 11.6. The number of nitrogens with zero attached hydrogens (tertiary/aromatic N) is 1. The number of ether oxygens (including phenoxy) is 1. The Hall–Kier alpha value is -2.38. The van der Waals surface area contributed by atoms with Crippen molar-refractivity contribution < 1.29 is 17.9 Å². The van der Waals surface area contributed by atoms with Crippen LogP contribution in [0.1, 0.15) is 49.5 Å². The highest BCUT2D eigenvalue weighted by Crippen LogP contribution is 2.25. The van der Waals surface area contributed by atoms with Crippen LogP contribution >= 0.6 is 0 Å². The van der Waals surface area contributed by atoms with Crippen LogP contribution in [0.2, 0.25) is 0 Å². The van der Waals surface area contributed by atoms with Crippen LogP contribution in [0.3, 0.4) is 0 Å². The van der Waals surface area contributed by atoms with Gasteiger partial charge < -0.3 is 10.1 Å². The van der Waals surface area contributed by atoms with E-state index in [-0.39, 0.29) is 16.9 Å². The Kier molecular flexibility index (Phi) is 6.83. The summed E-state index contributed by atoms with van der Waals surface area (Å²) in [7, 11) is -3.52. The van der Waals surface area contributed by atoms with Gasteiger partial charge in [-0.05, 0) is 87.6 Å². The highest BCUT2D eigenvalue weighted by molar-refractivity contribution is 7.89. The minimum Gasteiger partial charge on any atom is -0.491 e. The summed E-state index contributed by atoms with van der Waals surface area (Å²) in [6.45, 7) is 9.05. The van der Waals surface area contributed by atoms with Crippen molar-refractivity contribution in [2.75, 3.05) is 18.4 Å². The maximum atomic E-state index is 12.8. The summed E-state index contributed by atoms with van der Waals surface area (Å²) in [5.41, 5.74) is 1.98. The Balaban J connectivity index is 1.69. The van der Waals surface area contributed by atoms with Gasteiger partial charge in [-0.2, -0.15) is 4.31 Å². The fourth-order valence-electron chi connectivity index (χ4n) is 3.47. The van der Waals surface area contributed by atoms with Gasteiger partial charge >= 0.3 is 0 Å². The maximum absolute atomic E-state index is 12.8. The van der Waals surface area contributed by atoms with E-state index in [1.54, 1.807) is 18.2 Å². The zero-order chi connectivity index (χ0) is 21.9. The fourth-order valence-corrected chi connectivity index (χ4v) is 4.94. The number of anilines is 1. The third-order valence-corrected chi connectivity index (χ3v) is 7.23. The zero-order valence-electron chi connectivity index (χ0n) is 18.0. The van der Waals surface area contributed by atoms with Crippen molar-refractivity contribution in [1.29, 1.82) is 0 Å². The number of hydrogen-bond donors (Lipinski definition) is 1. The third-order valence-electron chi connectivity index (χ3n) is 5.31. The average Bonchev–Trinajstić information content (AvgIpc) is 2.70. The minimum atomic E-state index is -3.52. The molecule has 0 aliphatic carbocycles. The van der Waals surface area contributed by atoms with Crippen molar-refractivity contribution in [2.45, 2.75) is 51.5 Å². The summed E-state index contributed by atoms with van der Waals surface area (Å²) < 4.78 is 32.9. The van der Waals surface area contributed by atoms with Crippen LogP contribution in [0.25, 0.3) is 0 Å². The average molecular weight is 431 g/mol. The van der Waals surface area contributed by atoms with Gasteiger partial charge in [0, 0.05) is 24.3 Å². The van der Waals surface area contributed by atoms with Crippen LogP contribution < -0.4 is 10.1 Å². The van der Waals surface area contributed by atoms with Crippen molar-refractivity contribution in [3.05, 3.63) is 53.6 Å². The summed E-state index contributed by atoms with van der Waals surface area (Å²) in [5.74, 6) is 1.02. The Morgan fingerprint density at radius 1 is 1.10 bits per heavy atom. The lowest BCUT2D eigenvalue weighted by molar-refractivity contribution is 0.102. The highest BCUT2D eigenvalue weighted by Gasteiger charge is 2.28. The third kappa shape index (κ3) is 5.21. The number of benzene rings is 2. The second-order valence-electron chi connectivity index (χ2n) is 8.21. The molecule has 1 N–H and O–H groups in total. The predicted octanol–water partition coefficient (Wildman–Crippen LogP) is 4.46. The van der Waals surface area contributed by atoms with Crippen molar-refractivity contribution >= 4 is 21.6 Å². The Bertz CT molecular complexity index is 992. The van der Waals surface area contributed by atoms with Gasteiger partial charge in [0.15, 0.2) is 0 Å². The van der Waals surface area contributed by atoms with E-state index >= 15 is 0 Å². The Labute approximate surface area is 179 Å². The van der Waals surface area contributed by atoms with E-state index in [0.29, 0.717) is 30.3 Å². The number of hydrogen-bond acceptors (Lipinski definition) is 4. The second kappa shape index (κ2) is 9.18. The van der Waals surface area contributed by atoms with Crippen LogP contribution in [0.15, 0.2) is 47.4 Å². The molecule has 3 rings (SSSR count). The number of rotatable bonds is 6. The van der Waals surface area contributed by atoms with Gasteiger partial charge in [0.1, 0.15) is 5.75 Å². The van der Waals surface area contributed by atoms with E-state index in [1.807, 2.05) is 32.9 Å². The van der Waals surface area contributed by atoms with Crippen molar-refractivity contribution in [2.24, 2.45) is 5.92 Å². The fraction of sp³-hybridized carbons (Fsp3) is 0.435. The standard InChI is InChI=1S/C23H30N2O4S/c1-16(2)29-20-7-10-22(18(4)15-20)24-23(26)19-5-8-21(9-6-19)30(27,28)25-13-11-17(3)12-14-25/h5-10,15-17H,11-14H2,1-4H3,(H,24,26). The molecule has 7 heteroatoms. The predicted molar refractivity (Wildman–Crippen MR) is 118 cm³/mol. The molecular formula is C23H30N2O4S. The van der Waals surface area contributed by atoms with Gasteiger partial charge in [0.05, 0.1) is 11.0 Å². The molecule has 0 spiro atoms. The van der Waals surface area contributed by atoms with Gasteiger partial charge in [-0.25, -0.2) is 8.42 Å². The van der Waals surface area contributed by atoms with Gasteiger partial charge in [-0.15, -0.1) is 0 Å². The van der Waals surface area contributed by atoms with E-state index in [2.05, 4.69) is 12.2 Å². The number of nitrogens with one attached hydrogen (secondary N) is 1. The molecule has 1 saturated heterocycles. The largest absolute Gasteiger partial charge is 0.491 e. The number of amides is 1. The SMILES string of the molecule is Cc1cc(OC(C)C)ccc1NC(=O)c1ccc(S(=O)(=O)N2CCC(C)CC2)cc1. The molecule has 0 saturated carbocycles. The Morgan fingerprint density at radius 2 is 1.73 bits per heavy atom. The van der Waals surface area contributed by atoms with Crippen LogP contribution in [0, 0.1) is 12.8 Å². The van der Waals surface area contributed by atoms with E-state index in [0.717, 1.165) is 24.2 Å². The number of sulfonamides is 1. The van der Waals surface area contributed by atoms with E-state index in [4.69, 9.17) is 4.74 Å². The maximum Gasteiger partial charge on any atom is 0.255 e. The zero-order valence-corrected chi connectivity index (χ0v) is 18.8. The van der Waals surface area contributed by atoms with Crippen LogP contribution in [0.5, 0.6) is 5.75 Å². The number of aryl methyl sites for hydroxylation is 1. The Morgan fingerprint density at radius 3 is 2.30 bits per heavy atom. The molecule has 0 unspecified atom stereocenters. The van der Waals surface area contributed by atoms with E-state index in [9.17, 15) is 13.2 Å². The molecule has 1 aliphatic heterocycles. The van der Waals surface area contributed by atoms with Crippen LogP contribution in [0.4, 0.5) is 5.69 Å².